The number of hydrogen-bond donors (Lipinski definition) is 3. The Balaban J connectivity index is -0.0000000956. The second-order valence-electron chi connectivity index (χ2n) is 2.64. The van der Waals surface area contributed by atoms with Gasteiger partial charge in [0.25, 0.3) is 0 Å². The van der Waals surface area contributed by atoms with Crippen LogP contribution >= 0.6 is 0 Å². The molecule has 0 saturated carbocycles. The van der Waals surface area contributed by atoms with Crippen molar-refractivity contribution in [2.45, 2.75) is 27.2 Å². The first-order chi connectivity index (χ1) is 8.35. The van der Waals surface area contributed by atoms with Gasteiger partial charge < -0.3 is 15.3 Å². The molecule has 0 spiro atoms. The smallest absolute Gasteiger partial charge is 0 e. The van der Waals surface area contributed by atoms with Crippen molar-refractivity contribution in [3.05, 3.63) is 22.6 Å². The summed E-state index contributed by atoms with van der Waals surface area (Å²) in [5.74, 6) is 0. The fourth-order valence-corrected chi connectivity index (χ4v) is 1.88. The summed E-state index contributed by atoms with van der Waals surface area (Å²) in [6.07, 6.45) is 5.20. The zero-order valence-corrected chi connectivity index (χ0v) is 16.0. The molecule has 19 heavy (non-hydrogen) atoms. The van der Waals surface area contributed by atoms with Crippen LogP contribution in [0.25, 0.3) is 0 Å². The van der Waals surface area contributed by atoms with Crippen LogP contribution in [0.3, 0.4) is 0 Å². The van der Waals surface area contributed by atoms with Crippen LogP contribution in [0, 0.1) is 6.08 Å². The molecule has 0 amide bonds. The molecule has 3 nitrogen and oxygen atoms in total. The molecule has 8 heteroatoms. The molecular weight excluding hydrogens is 401 g/mol. The van der Waals surface area contributed by atoms with Crippen LogP contribution in [-0.4, -0.2) is 49.8 Å². The third-order valence-corrected chi connectivity index (χ3v) is 3.00. The van der Waals surface area contributed by atoms with Crippen LogP contribution in [0.2, 0.25) is 0 Å². The summed E-state index contributed by atoms with van der Waals surface area (Å²) in [6.45, 7) is 5.79. The Labute approximate surface area is 136 Å². The molecule has 0 saturated heterocycles. The van der Waals surface area contributed by atoms with Crippen molar-refractivity contribution in [2.24, 2.45) is 0 Å². The van der Waals surface area contributed by atoms with Crippen LogP contribution in [0.4, 0.5) is 10.5 Å². The van der Waals surface area contributed by atoms with Gasteiger partial charge in [-0.25, -0.2) is 0 Å². The quantitative estimate of drug-likeness (QED) is 0.447. The van der Waals surface area contributed by atoms with Gasteiger partial charge in [0.2, 0.25) is 0 Å². The maximum absolute atomic E-state index is 11.8. The van der Waals surface area contributed by atoms with Gasteiger partial charge in [-0.1, -0.05) is 0 Å². The molecule has 0 bridgehead atoms. The Bertz CT molecular complexity index is 217. The normalized spacial score (nSPS) is 11.5. The van der Waals surface area contributed by atoms with Crippen LogP contribution < -0.4 is 0 Å². The largest absolute Gasteiger partial charge is 0 e. The Hall–Kier alpha value is 0.576. The monoisotopic (exact) mass is 423 g/mol. The molecule has 1 rings (SSSR count). The van der Waals surface area contributed by atoms with E-state index in [1.165, 1.54) is 6.08 Å². The molecule has 1 aliphatic carbocycles. The van der Waals surface area contributed by atoms with Crippen LogP contribution in [-0.2, 0) is 26.2 Å². The fourth-order valence-electron chi connectivity index (χ4n) is 0.599. The Morgan fingerprint density at radius 1 is 1.05 bits per heavy atom. The topological polar surface area (TPSA) is 60.7 Å². The van der Waals surface area contributed by atoms with E-state index in [0.29, 0.717) is 6.42 Å². The van der Waals surface area contributed by atoms with Crippen LogP contribution in [0.5, 0.6) is 0 Å². The van der Waals surface area contributed by atoms with Gasteiger partial charge in [0.1, 0.15) is 0 Å². The van der Waals surface area contributed by atoms with Gasteiger partial charge in [0, 0.05) is 46.0 Å². The summed E-state index contributed by atoms with van der Waals surface area (Å²) in [4.78, 5) is 0. The van der Waals surface area contributed by atoms with Gasteiger partial charge >= 0.3 is 54.2 Å². The number of halogens is 3. The molecule has 0 unspecified atom stereocenters. The zero-order valence-electron chi connectivity index (χ0n) is 11.5. The number of aliphatic hydroxyl groups excluding tert-OH is 3. The minimum Gasteiger partial charge on any atom is 0 e. The summed E-state index contributed by atoms with van der Waals surface area (Å²) in [7, 11) is 0. The maximum Gasteiger partial charge on any atom is 0 e. The molecule has 0 atom stereocenters. The van der Waals surface area contributed by atoms with E-state index in [9.17, 15) is 10.5 Å². The molecule has 0 aromatic carbocycles. The standard InChI is InChI=1S/C5H4F3Ge.3C2H6O.Zr/c6-9(7,8)5-3-1-2-4-5;3*1-2-3;/h1,3H,2H2;3*3H,2H2,1H3;/q-1;;;;. The summed E-state index contributed by atoms with van der Waals surface area (Å²) in [5.41, 5.74) is 0. The van der Waals surface area contributed by atoms with Crippen LogP contribution in [0.15, 0.2) is 16.6 Å². The maximum atomic E-state index is 11.8. The first kappa shape index (κ1) is 27.8. The van der Waals surface area contributed by atoms with Gasteiger partial charge in [0.05, 0.1) is 0 Å². The molecule has 0 aliphatic heterocycles. The van der Waals surface area contributed by atoms with Gasteiger partial charge in [-0.05, 0) is 20.8 Å². The predicted octanol–water partition coefficient (Wildman–Crippen LogP) is 2.06. The van der Waals surface area contributed by atoms with Crippen molar-refractivity contribution >= 4 is 14.7 Å². The van der Waals surface area contributed by atoms with E-state index in [1.807, 2.05) is 0 Å². The molecule has 114 valence electrons. The second kappa shape index (κ2) is 20.9. The van der Waals surface area contributed by atoms with Gasteiger partial charge in [0.15, 0.2) is 0 Å². The Kier molecular flexibility index (Phi) is 30.6. The van der Waals surface area contributed by atoms with E-state index in [2.05, 4.69) is 6.08 Å². The Morgan fingerprint density at radius 3 is 1.47 bits per heavy atom. The minimum atomic E-state index is -5.96. The van der Waals surface area contributed by atoms with Crippen molar-refractivity contribution in [2.75, 3.05) is 19.8 Å². The number of rotatable bonds is 1. The number of aliphatic hydroxyl groups is 3. The molecule has 0 aromatic rings. The SMILES string of the molecule is CCO.CCO.CCO.[F][Ge]([F])([F])[C]1=[C-]CC=C1.[Zr]. The first-order valence-electron chi connectivity index (χ1n) is 5.52. The zero-order chi connectivity index (χ0) is 15.0. The molecule has 0 radical (unpaired) electrons. The third-order valence-electron chi connectivity index (χ3n) is 1.00. The Morgan fingerprint density at radius 2 is 1.37 bits per heavy atom. The van der Waals surface area contributed by atoms with Gasteiger partial charge in [-0.2, -0.15) is 0 Å². The van der Waals surface area contributed by atoms with Crippen molar-refractivity contribution < 1.29 is 52.0 Å². The average molecular weight is 423 g/mol. The minimum absolute atomic E-state index is 0. The molecule has 0 fully saturated rings. The first-order valence-corrected chi connectivity index (χ1v) is 8.95. The van der Waals surface area contributed by atoms with E-state index in [4.69, 9.17) is 15.3 Å². The van der Waals surface area contributed by atoms with E-state index in [-0.39, 0.29) is 46.0 Å². The van der Waals surface area contributed by atoms with E-state index < -0.39 is 19.1 Å². The third kappa shape index (κ3) is 27.7. The average Bonchev–Trinajstić information content (AvgIpc) is 2.72. The predicted molar refractivity (Wildman–Crippen MR) is 67.9 cm³/mol. The van der Waals surface area contributed by atoms with Gasteiger partial charge in [-0.3, -0.25) is 0 Å². The van der Waals surface area contributed by atoms with E-state index in [0.717, 1.165) is 6.08 Å². The molecule has 1 aliphatic rings. The van der Waals surface area contributed by atoms with Crippen molar-refractivity contribution in [3.63, 3.8) is 0 Å². The molecule has 3 N–H and O–H groups in total. The van der Waals surface area contributed by atoms with E-state index in [1.54, 1.807) is 20.8 Å². The fraction of sp³-hybridized carbons (Fsp3) is 0.636. The van der Waals surface area contributed by atoms with Crippen molar-refractivity contribution in [1.82, 2.24) is 0 Å². The van der Waals surface area contributed by atoms with Crippen molar-refractivity contribution in [3.8, 4) is 0 Å². The second-order valence-corrected chi connectivity index (χ2v) is 5.86. The van der Waals surface area contributed by atoms with Gasteiger partial charge in [-0.15, -0.1) is 0 Å². The summed E-state index contributed by atoms with van der Waals surface area (Å²) < 4.78 is 34.9. The summed E-state index contributed by atoms with van der Waals surface area (Å²) in [6, 6.07) is 0. The number of allylic oxidation sites excluding steroid dienone is 4. The molecular formula is C11H22F3GeO3Zr-. The summed E-state index contributed by atoms with van der Waals surface area (Å²) >= 11 is -5.96. The van der Waals surface area contributed by atoms with Crippen molar-refractivity contribution in [1.29, 1.82) is 0 Å². The van der Waals surface area contributed by atoms with E-state index >= 15 is 0 Å². The summed E-state index contributed by atoms with van der Waals surface area (Å²) in [5, 5.41) is 22.7. The van der Waals surface area contributed by atoms with Crippen LogP contribution in [0.1, 0.15) is 27.2 Å². The number of hydrogen-bond acceptors (Lipinski definition) is 3. The molecule has 0 aromatic heterocycles. The molecule has 0 heterocycles.